The highest BCUT2D eigenvalue weighted by atomic mass is 35.5. The fraction of sp³-hybridized carbons (Fsp3) is 0.364. The Kier molecular flexibility index (Phi) is 5.46. The molecule has 16 heavy (non-hydrogen) atoms. The van der Waals surface area contributed by atoms with Crippen LogP contribution >= 0.6 is 23.2 Å². The second-order valence-corrected chi connectivity index (χ2v) is 6.23. The Morgan fingerprint density at radius 2 is 1.69 bits per heavy atom. The van der Waals surface area contributed by atoms with Crippen LogP contribution in [0.3, 0.4) is 0 Å². The van der Waals surface area contributed by atoms with Crippen LogP contribution in [0.4, 0.5) is 0 Å². The summed E-state index contributed by atoms with van der Waals surface area (Å²) in [5.74, 6) is 1.53. The Morgan fingerprint density at radius 1 is 1.19 bits per heavy atom. The first-order valence-corrected chi connectivity index (χ1v) is 7.24. The molecule has 1 amide bonds. The predicted octanol–water partition coefficient (Wildman–Crippen LogP) is 3.98. The van der Waals surface area contributed by atoms with Gasteiger partial charge in [-0.25, -0.2) is 0 Å². The van der Waals surface area contributed by atoms with Crippen molar-refractivity contribution >= 4 is 39.8 Å². The van der Waals surface area contributed by atoms with Crippen molar-refractivity contribution in [2.24, 2.45) is 4.36 Å². The summed E-state index contributed by atoms with van der Waals surface area (Å²) in [5, 5.41) is 0.915. The SMILES string of the molecule is CCS(CC)=NC(=O)c1cc(Cl)cc(Cl)c1. The number of benzene rings is 1. The van der Waals surface area contributed by atoms with Crippen molar-refractivity contribution in [1.29, 1.82) is 0 Å². The lowest BCUT2D eigenvalue weighted by Gasteiger charge is -2.02. The van der Waals surface area contributed by atoms with E-state index >= 15 is 0 Å². The van der Waals surface area contributed by atoms with Crippen LogP contribution in [0.1, 0.15) is 24.2 Å². The van der Waals surface area contributed by atoms with Crippen molar-refractivity contribution < 1.29 is 4.79 Å². The first-order valence-electron chi connectivity index (χ1n) is 4.96. The highest BCUT2D eigenvalue weighted by molar-refractivity contribution is 7.87. The molecule has 1 aromatic carbocycles. The van der Waals surface area contributed by atoms with Gasteiger partial charge in [0.25, 0.3) is 5.91 Å². The van der Waals surface area contributed by atoms with Crippen LogP contribution in [0, 0.1) is 0 Å². The van der Waals surface area contributed by atoms with E-state index in [1.165, 1.54) is 0 Å². The van der Waals surface area contributed by atoms with Gasteiger partial charge in [0.1, 0.15) is 0 Å². The Morgan fingerprint density at radius 3 is 2.12 bits per heavy atom. The van der Waals surface area contributed by atoms with Crippen LogP contribution < -0.4 is 0 Å². The Balaban J connectivity index is 3.01. The van der Waals surface area contributed by atoms with Gasteiger partial charge in [0.15, 0.2) is 0 Å². The topological polar surface area (TPSA) is 29.4 Å². The fourth-order valence-electron chi connectivity index (χ4n) is 1.18. The third-order valence-corrected chi connectivity index (χ3v) is 4.18. The van der Waals surface area contributed by atoms with E-state index in [0.717, 1.165) is 11.5 Å². The smallest absolute Gasteiger partial charge is 0.266 e. The van der Waals surface area contributed by atoms with Gasteiger partial charge in [0, 0.05) is 27.1 Å². The first-order chi connectivity index (χ1) is 7.56. The van der Waals surface area contributed by atoms with Gasteiger partial charge in [-0.1, -0.05) is 47.7 Å². The number of carbonyl (C=O) groups excluding carboxylic acids is 1. The van der Waals surface area contributed by atoms with Crippen LogP contribution in [-0.4, -0.2) is 17.4 Å². The lowest BCUT2D eigenvalue weighted by atomic mass is 10.2. The molecule has 0 bridgehead atoms. The van der Waals surface area contributed by atoms with E-state index in [2.05, 4.69) is 4.36 Å². The molecule has 1 rings (SSSR count). The number of carbonyl (C=O) groups is 1. The van der Waals surface area contributed by atoms with Gasteiger partial charge < -0.3 is 0 Å². The average molecular weight is 278 g/mol. The van der Waals surface area contributed by atoms with Gasteiger partial charge in [-0.15, -0.1) is 0 Å². The highest BCUT2D eigenvalue weighted by Gasteiger charge is 2.07. The van der Waals surface area contributed by atoms with Crippen LogP contribution in [0.15, 0.2) is 22.6 Å². The summed E-state index contributed by atoms with van der Waals surface area (Å²) in [7, 11) is -0.193. The van der Waals surface area contributed by atoms with E-state index in [4.69, 9.17) is 23.2 Å². The molecule has 0 fully saturated rings. The number of halogens is 2. The Hall–Kier alpha value is -0.380. The maximum atomic E-state index is 11.8. The van der Waals surface area contributed by atoms with Gasteiger partial charge in [-0.2, -0.15) is 4.36 Å². The molecule has 0 N–H and O–H groups in total. The molecule has 0 radical (unpaired) electrons. The second kappa shape index (κ2) is 6.38. The zero-order valence-electron chi connectivity index (χ0n) is 9.17. The minimum absolute atomic E-state index is 0.193. The molecule has 0 atom stereocenters. The summed E-state index contributed by atoms with van der Waals surface area (Å²) in [6.45, 7) is 4.04. The molecule has 1 aromatic rings. The monoisotopic (exact) mass is 277 g/mol. The van der Waals surface area contributed by atoms with Gasteiger partial charge in [-0.3, -0.25) is 4.79 Å². The van der Waals surface area contributed by atoms with Crippen molar-refractivity contribution in [1.82, 2.24) is 0 Å². The summed E-state index contributed by atoms with van der Waals surface area (Å²) < 4.78 is 4.14. The number of amides is 1. The van der Waals surface area contributed by atoms with Gasteiger partial charge in [0.2, 0.25) is 0 Å². The fourth-order valence-corrected chi connectivity index (χ4v) is 2.71. The van der Waals surface area contributed by atoms with Crippen molar-refractivity contribution in [2.75, 3.05) is 11.5 Å². The van der Waals surface area contributed by atoms with E-state index in [1.807, 2.05) is 13.8 Å². The summed E-state index contributed by atoms with van der Waals surface area (Å²) >= 11 is 11.6. The summed E-state index contributed by atoms with van der Waals surface area (Å²) in [4.78, 5) is 11.8. The minimum atomic E-state index is -0.239. The molecule has 0 aliphatic carbocycles. The zero-order chi connectivity index (χ0) is 12.1. The standard InChI is InChI=1S/C11H13Cl2NOS/c1-3-16(4-2)14-11(15)8-5-9(12)7-10(13)6-8/h5-7H,3-4H2,1-2H3. The molecule has 88 valence electrons. The lowest BCUT2D eigenvalue weighted by molar-refractivity contribution is 0.101. The van der Waals surface area contributed by atoms with Gasteiger partial charge in [0.05, 0.1) is 0 Å². The van der Waals surface area contributed by atoms with E-state index < -0.39 is 0 Å². The number of hydrogen-bond donors (Lipinski definition) is 0. The summed E-state index contributed by atoms with van der Waals surface area (Å²) in [5.41, 5.74) is 0.455. The highest BCUT2D eigenvalue weighted by Crippen LogP contribution is 2.19. The Bertz CT molecular complexity index is 406. The molecular formula is C11H13Cl2NOS. The van der Waals surface area contributed by atoms with Crippen molar-refractivity contribution in [3.05, 3.63) is 33.8 Å². The molecule has 0 aromatic heterocycles. The van der Waals surface area contributed by atoms with E-state index in [0.29, 0.717) is 15.6 Å². The van der Waals surface area contributed by atoms with Crippen LogP contribution in [0.2, 0.25) is 10.0 Å². The van der Waals surface area contributed by atoms with Crippen LogP contribution in [0.25, 0.3) is 0 Å². The molecule has 0 aliphatic rings. The normalized spacial score (nSPS) is 10.6. The van der Waals surface area contributed by atoms with Crippen molar-refractivity contribution in [2.45, 2.75) is 13.8 Å². The number of nitrogens with zero attached hydrogens (tertiary/aromatic N) is 1. The van der Waals surface area contributed by atoms with E-state index in [9.17, 15) is 4.79 Å². The first kappa shape index (κ1) is 13.7. The molecule has 0 heterocycles. The molecule has 0 saturated heterocycles. The second-order valence-electron chi connectivity index (χ2n) is 3.09. The summed E-state index contributed by atoms with van der Waals surface area (Å²) in [6, 6.07) is 4.78. The zero-order valence-corrected chi connectivity index (χ0v) is 11.5. The molecule has 0 aliphatic heterocycles. The van der Waals surface area contributed by atoms with E-state index in [1.54, 1.807) is 18.2 Å². The largest absolute Gasteiger partial charge is 0.283 e. The lowest BCUT2D eigenvalue weighted by Crippen LogP contribution is -2.02. The predicted molar refractivity (Wildman–Crippen MR) is 71.7 cm³/mol. The maximum Gasteiger partial charge on any atom is 0.283 e. The van der Waals surface area contributed by atoms with E-state index in [-0.39, 0.29) is 16.6 Å². The molecule has 0 spiro atoms. The third kappa shape index (κ3) is 3.89. The molecule has 5 heteroatoms. The minimum Gasteiger partial charge on any atom is -0.266 e. The quantitative estimate of drug-likeness (QED) is 0.822. The third-order valence-electron chi connectivity index (χ3n) is 1.99. The summed E-state index contributed by atoms with van der Waals surface area (Å²) in [6.07, 6.45) is 0. The number of hydrogen-bond acceptors (Lipinski definition) is 1. The molecule has 2 nitrogen and oxygen atoms in total. The average Bonchev–Trinajstić information content (AvgIpc) is 2.24. The molecule has 0 unspecified atom stereocenters. The molecule has 0 saturated carbocycles. The number of rotatable bonds is 3. The van der Waals surface area contributed by atoms with Crippen molar-refractivity contribution in [3.63, 3.8) is 0 Å². The van der Waals surface area contributed by atoms with Crippen molar-refractivity contribution in [3.8, 4) is 0 Å². The van der Waals surface area contributed by atoms with Crippen LogP contribution in [-0.2, 0) is 10.7 Å². The van der Waals surface area contributed by atoms with Gasteiger partial charge >= 0.3 is 0 Å². The Labute approximate surface area is 108 Å². The maximum absolute atomic E-state index is 11.8. The van der Waals surface area contributed by atoms with Gasteiger partial charge in [-0.05, 0) is 18.2 Å². The molecular weight excluding hydrogens is 265 g/mol. The van der Waals surface area contributed by atoms with Crippen LogP contribution in [0.5, 0.6) is 0 Å².